The SMILES string of the molecule is CCN(C(=O)c1ccc(C(F)(F)F)nc1)C1CCCC1. The third-order valence-corrected chi connectivity index (χ3v) is 3.67. The average molecular weight is 286 g/mol. The van der Waals surface area contributed by atoms with Crippen LogP contribution in [0.5, 0.6) is 0 Å². The van der Waals surface area contributed by atoms with Crippen LogP contribution in [0.25, 0.3) is 0 Å². The van der Waals surface area contributed by atoms with Gasteiger partial charge in [0.25, 0.3) is 5.91 Å². The van der Waals surface area contributed by atoms with E-state index in [0.717, 1.165) is 37.9 Å². The summed E-state index contributed by atoms with van der Waals surface area (Å²) in [6, 6.07) is 2.26. The van der Waals surface area contributed by atoms with Gasteiger partial charge in [-0.05, 0) is 31.9 Å². The molecule has 1 amide bonds. The van der Waals surface area contributed by atoms with E-state index in [4.69, 9.17) is 0 Å². The largest absolute Gasteiger partial charge is 0.433 e. The lowest BCUT2D eigenvalue weighted by atomic mass is 10.1. The molecule has 0 unspecified atom stereocenters. The predicted molar refractivity (Wildman–Crippen MR) is 68.2 cm³/mol. The number of halogens is 3. The molecule has 110 valence electrons. The van der Waals surface area contributed by atoms with Gasteiger partial charge in [-0.25, -0.2) is 0 Å². The first-order valence-corrected chi connectivity index (χ1v) is 6.77. The number of carbonyl (C=O) groups excluding carboxylic acids is 1. The molecule has 3 nitrogen and oxygen atoms in total. The second-order valence-corrected chi connectivity index (χ2v) is 4.96. The van der Waals surface area contributed by atoms with E-state index in [1.54, 1.807) is 4.90 Å². The summed E-state index contributed by atoms with van der Waals surface area (Å²) in [4.78, 5) is 17.4. The van der Waals surface area contributed by atoms with E-state index in [1.165, 1.54) is 6.07 Å². The first-order valence-electron chi connectivity index (χ1n) is 6.77. The third kappa shape index (κ3) is 3.11. The molecule has 0 radical (unpaired) electrons. The van der Waals surface area contributed by atoms with Crippen LogP contribution in [0.15, 0.2) is 18.3 Å². The number of aromatic nitrogens is 1. The Morgan fingerprint density at radius 1 is 1.35 bits per heavy atom. The molecular weight excluding hydrogens is 269 g/mol. The molecule has 1 aliphatic rings. The molecule has 1 saturated carbocycles. The van der Waals surface area contributed by atoms with Gasteiger partial charge in [0.05, 0.1) is 5.56 Å². The van der Waals surface area contributed by atoms with Gasteiger partial charge in [0.1, 0.15) is 5.69 Å². The summed E-state index contributed by atoms with van der Waals surface area (Å²) >= 11 is 0. The quantitative estimate of drug-likeness (QED) is 0.852. The smallest absolute Gasteiger partial charge is 0.336 e. The molecule has 0 spiro atoms. The lowest BCUT2D eigenvalue weighted by Crippen LogP contribution is -2.38. The Kier molecular flexibility index (Phi) is 4.30. The van der Waals surface area contributed by atoms with E-state index in [1.807, 2.05) is 6.92 Å². The number of amides is 1. The zero-order valence-corrected chi connectivity index (χ0v) is 11.3. The molecule has 20 heavy (non-hydrogen) atoms. The highest BCUT2D eigenvalue weighted by Crippen LogP contribution is 2.28. The van der Waals surface area contributed by atoms with Crippen molar-refractivity contribution in [2.75, 3.05) is 6.54 Å². The standard InChI is InChI=1S/C14H17F3N2O/c1-2-19(11-5-3-4-6-11)13(20)10-7-8-12(18-9-10)14(15,16)17/h7-9,11H,2-6H2,1H3. The van der Waals surface area contributed by atoms with Crippen LogP contribution in [0.2, 0.25) is 0 Å². The number of nitrogens with zero attached hydrogens (tertiary/aromatic N) is 2. The number of alkyl halides is 3. The van der Waals surface area contributed by atoms with E-state index in [0.29, 0.717) is 6.54 Å². The summed E-state index contributed by atoms with van der Waals surface area (Å²) in [5.74, 6) is -0.236. The number of rotatable bonds is 3. The van der Waals surface area contributed by atoms with Gasteiger partial charge >= 0.3 is 6.18 Å². The molecule has 1 aliphatic carbocycles. The molecule has 0 N–H and O–H groups in total. The Hall–Kier alpha value is -1.59. The van der Waals surface area contributed by atoms with Crippen LogP contribution in [0.1, 0.15) is 48.7 Å². The fraction of sp³-hybridized carbons (Fsp3) is 0.571. The Bertz CT molecular complexity index is 464. The zero-order valence-electron chi connectivity index (χ0n) is 11.3. The van der Waals surface area contributed by atoms with Crippen LogP contribution in [0.4, 0.5) is 13.2 Å². The molecule has 6 heteroatoms. The lowest BCUT2D eigenvalue weighted by Gasteiger charge is -2.27. The monoisotopic (exact) mass is 286 g/mol. The molecule has 1 aromatic heterocycles. The van der Waals surface area contributed by atoms with Gasteiger partial charge in [-0.2, -0.15) is 13.2 Å². The second kappa shape index (κ2) is 5.81. The molecule has 0 saturated heterocycles. The van der Waals surface area contributed by atoms with Gasteiger partial charge in [0.15, 0.2) is 0 Å². The lowest BCUT2D eigenvalue weighted by molar-refractivity contribution is -0.141. The van der Waals surface area contributed by atoms with Gasteiger partial charge in [0.2, 0.25) is 0 Å². The molecule has 0 bridgehead atoms. The summed E-state index contributed by atoms with van der Waals surface area (Å²) in [6.45, 7) is 2.44. The van der Waals surface area contributed by atoms with E-state index in [2.05, 4.69) is 4.98 Å². The molecule has 0 atom stereocenters. The van der Waals surface area contributed by atoms with Crippen molar-refractivity contribution < 1.29 is 18.0 Å². The number of hydrogen-bond acceptors (Lipinski definition) is 2. The Morgan fingerprint density at radius 3 is 2.45 bits per heavy atom. The van der Waals surface area contributed by atoms with E-state index < -0.39 is 11.9 Å². The summed E-state index contributed by atoms with van der Waals surface area (Å²) < 4.78 is 37.3. The topological polar surface area (TPSA) is 33.2 Å². The summed E-state index contributed by atoms with van der Waals surface area (Å²) in [7, 11) is 0. The summed E-state index contributed by atoms with van der Waals surface area (Å²) in [6.07, 6.45) is 0.668. The van der Waals surface area contributed by atoms with E-state index in [9.17, 15) is 18.0 Å². The van der Waals surface area contributed by atoms with Gasteiger partial charge < -0.3 is 4.90 Å². The molecule has 1 fully saturated rings. The van der Waals surface area contributed by atoms with Gasteiger partial charge in [0, 0.05) is 18.8 Å². The number of hydrogen-bond donors (Lipinski definition) is 0. The molecule has 1 aromatic rings. The van der Waals surface area contributed by atoms with Crippen molar-refractivity contribution in [3.63, 3.8) is 0 Å². The maximum atomic E-state index is 12.4. The van der Waals surface area contributed by atoms with Crippen LogP contribution in [0, 0.1) is 0 Å². The normalized spacial score (nSPS) is 16.4. The minimum Gasteiger partial charge on any atom is -0.336 e. The van der Waals surface area contributed by atoms with Crippen molar-refractivity contribution in [3.05, 3.63) is 29.6 Å². The minimum absolute atomic E-state index is 0.204. The maximum Gasteiger partial charge on any atom is 0.433 e. The second-order valence-electron chi connectivity index (χ2n) is 4.96. The van der Waals surface area contributed by atoms with Crippen LogP contribution >= 0.6 is 0 Å². The highest BCUT2D eigenvalue weighted by atomic mass is 19.4. The highest BCUT2D eigenvalue weighted by molar-refractivity contribution is 5.94. The summed E-state index contributed by atoms with van der Waals surface area (Å²) in [5, 5.41) is 0. The molecular formula is C14H17F3N2O. The first kappa shape index (κ1) is 14.8. The first-order chi connectivity index (χ1) is 9.43. The van der Waals surface area contributed by atoms with E-state index >= 15 is 0 Å². The molecule has 1 heterocycles. The molecule has 0 aliphatic heterocycles. The fourth-order valence-corrected chi connectivity index (χ4v) is 2.64. The minimum atomic E-state index is -4.47. The number of pyridine rings is 1. The fourth-order valence-electron chi connectivity index (χ4n) is 2.64. The summed E-state index contributed by atoms with van der Waals surface area (Å²) in [5.41, 5.74) is -0.760. The predicted octanol–water partition coefficient (Wildman–Crippen LogP) is 3.51. The zero-order chi connectivity index (χ0) is 14.8. The van der Waals surface area contributed by atoms with Crippen molar-refractivity contribution in [1.29, 1.82) is 0 Å². The average Bonchev–Trinajstić information content (AvgIpc) is 2.92. The number of carbonyl (C=O) groups is 1. The maximum absolute atomic E-state index is 12.4. The van der Waals surface area contributed by atoms with Crippen molar-refractivity contribution in [3.8, 4) is 0 Å². The van der Waals surface area contributed by atoms with Crippen LogP contribution in [0.3, 0.4) is 0 Å². The highest BCUT2D eigenvalue weighted by Gasteiger charge is 2.33. The van der Waals surface area contributed by atoms with Crippen molar-refractivity contribution in [2.45, 2.75) is 44.8 Å². The van der Waals surface area contributed by atoms with Crippen LogP contribution < -0.4 is 0 Å². The Labute approximate surface area is 115 Å². The van der Waals surface area contributed by atoms with Gasteiger partial charge in [-0.15, -0.1) is 0 Å². The van der Waals surface area contributed by atoms with Crippen molar-refractivity contribution in [2.24, 2.45) is 0 Å². The Balaban J connectivity index is 2.15. The third-order valence-electron chi connectivity index (χ3n) is 3.67. The molecule has 0 aromatic carbocycles. The Morgan fingerprint density at radius 2 is 2.00 bits per heavy atom. The van der Waals surface area contributed by atoms with Gasteiger partial charge in [-0.3, -0.25) is 9.78 Å². The van der Waals surface area contributed by atoms with Crippen LogP contribution in [-0.2, 0) is 6.18 Å². The van der Waals surface area contributed by atoms with Crippen molar-refractivity contribution >= 4 is 5.91 Å². The van der Waals surface area contributed by atoms with Crippen LogP contribution in [-0.4, -0.2) is 28.4 Å². The van der Waals surface area contributed by atoms with E-state index in [-0.39, 0.29) is 17.5 Å². The van der Waals surface area contributed by atoms with Gasteiger partial charge in [-0.1, -0.05) is 12.8 Å². The van der Waals surface area contributed by atoms with Crippen molar-refractivity contribution in [1.82, 2.24) is 9.88 Å². The molecule has 2 rings (SSSR count).